The molecule has 0 aliphatic carbocycles. The summed E-state index contributed by atoms with van der Waals surface area (Å²) in [7, 11) is 1.66. The SMILES string of the molecule is C[C@H](C(=O)O)N(C)c1cccc(Cl)c1Cl. The van der Waals surface area contributed by atoms with Gasteiger partial charge in [-0.25, -0.2) is 4.79 Å². The molecule has 0 heterocycles. The number of halogens is 2. The normalized spacial score (nSPS) is 12.3. The molecule has 0 radical (unpaired) electrons. The van der Waals surface area contributed by atoms with Crippen molar-refractivity contribution in [3.63, 3.8) is 0 Å². The van der Waals surface area contributed by atoms with Crippen molar-refractivity contribution >= 4 is 34.9 Å². The van der Waals surface area contributed by atoms with E-state index in [1.807, 2.05) is 0 Å². The Morgan fingerprint density at radius 3 is 2.60 bits per heavy atom. The predicted molar refractivity (Wildman–Crippen MR) is 62.0 cm³/mol. The first-order valence-corrected chi connectivity index (χ1v) is 5.10. The van der Waals surface area contributed by atoms with Crippen LogP contribution in [0.5, 0.6) is 0 Å². The summed E-state index contributed by atoms with van der Waals surface area (Å²) < 4.78 is 0. The fourth-order valence-corrected chi connectivity index (χ4v) is 1.57. The molecule has 0 amide bonds. The second-order valence-electron chi connectivity index (χ2n) is 3.20. The second-order valence-corrected chi connectivity index (χ2v) is 3.98. The Balaban J connectivity index is 3.06. The quantitative estimate of drug-likeness (QED) is 0.893. The number of carboxylic acids is 1. The number of carboxylic acid groups (broad SMARTS) is 1. The number of anilines is 1. The van der Waals surface area contributed by atoms with Gasteiger partial charge < -0.3 is 10.0 Å². The van der Waals surface area contributed by atoms with Gasteiger partial charge >= 0.3 is 5.97 Å². The van der Waals surface area contributed by atoms with Gasteiger partial charge in [-0.15, -0.1) is 0 Å². The summed E-state index contributed by atoms with van der Waals surface area (Å²) in [5.74, 6) is -0.909. The molecule has 1 atom stereocenters. The number of likely N-dealkylation sites (N-methyl/N-ethyl adjacent to an activating group) is 1. The van der Waals surface area contributed by atoms with Gasteiger partial charge in [-0.3, -0.25) is 0 Å². The molecule has 1 rings (SSSR count). The van der Waals surface area contributed by atoms with Gasteiger partial charge in [0.05, 0.1) is 15.7 Å². The lowest BCUT2D eigenvalue weighted by molar-refractivity contribution is -0.138. The van der Waals surface area contributed by atoms with E-state index in [1.54, 1.807) is 37.1 Å². The summed E-state index contributed by atoms with van der Waals surface area (Å²) in [6, 6.07) is 4.47. The van der Waals surface area contributed by atoms with Crippen molar-refractivity contribution < 1.29 is 9.90 Å². The minimum absolute atomic E-state index is 0.370. The van der Waals surface area contributed by atoms with E-state index in [2.05, 4.69) is 0 Å². The number of carbonyl (C=O) groups is 1. The van der Waals surface area contributed by atoms with Crippen LogP contribution in [-0.2, 0) is 4.79 Å². The van der Waals surface area contributed by atoms with Gasteiger partial charge in [0.1, 0.15) is 6.04 Å². The number of nitrogens with zero attached hydrogens (tertiary/aromatic N) is 1. The van der Waals surface area contributed by atoms with E-state index in [4.69, 9.17) is 28.3 Å². The minimum Gasteiger partial charge on any atom is -0.480 e. The Labute approximate surface area is 98.2 Å². The lowest BCUT2D eigenvalue weighted by atomic mass is 10.2. The van der Waals surface area contributed by atoms with Crippen molar-refractivity contribution in [1.82, 2.24) is 0 Å². The molecule has 0 unspecified atom stereocenters. The van der Waals surface area contributed by atoms with Crippen LogP contribution < -0.4 is 4.90 Å². The maximum atomic E-state index is 10.8. The highest BCUT2D eigenvalue weighted by Crippen LogP contribution is 2.32. The first-order valence-electron chi connectivity index (χ1n) is 4.34. The molecule has 3 nitrogen and oxygen atoms in total. The van der Waals surface area contributed by atoms with Crippen LogP contribution in [0.15, 0.2) is 18.2 Å². The summed E-state index contributed by atoms with van der Waals surface area (Å²) >= 11 is 11.8. The lowest BCUT2D eigenvalue weighted by Crippen LogP contribution is -2.35. The molecule has 0 fully saturated rings. The Morgan fingerprint density at radius 2 is 2.07 bits per heavy atom. The van der Waals surface area contributed by atoms with Crippen LogP contribution in [0.3, 0.4) is 0 Å². The number of aliphatic carboxylic acids is 1. The zero-order valence-electron chi connectivity index (χ0n) is 8.37. The van der Waals surface area contributed by atoms with Crippen LogP contribution in [0.1, 0.15) is 6.92 Å². The molecule has 1 aromatic rings. The first kappa shape index (κ1) is 12.1. The molecule has 0 spiro atoms. The molecule has 82 valence electrons. The molecule has 5 heteroatoms. The van der Waals surface area contributed by atoms with E-state index in [1.165, 1.54) is 0 Å². The third-order valence-corrected chi connectivity index (χ3v) is 3.06. The van der Waals surface area contributed by atoms with Crippen molar-refractivity contribution in [2.75, 3.05) is 11.9 Å². The smallest absolute Gasteiger partial charge is 0.326 e. The molecule has 0 saturated carbocycles. The third-order valence-electron chi connectivity index (χ3n) is 2.25. The van der Waals surface area contributed by atoms with E-state index in [0.29, 0.717) is 15.7 Å². The van der Waals surface area contributed by atoms with E-state index < -0.39 is 12.0 Å². The van der Waals surface area contributed by atoms with Crippen LogP contribution >= 0.6 is 23.2 Å². The molecular weight excluding hydrogens is 237 g/mol. The Hall–Kier alpha value is -0.930. The number of hydrogen-bond acceptors (Lipinski definition) is 2. The van der Waals surface area contributed by atoms with Crippen LogP contribution in [0.4, 0.5) is 5.69 Å². The van der Waals surface area contributed by atoms with Gasteiger partial charge in [-0.2, -0.15) is 0 Å². The second kappa shape index (κ2) is 4.73. The van der Waals surface area contributed by atoms with Crippen LogP contribution in [-0.4, -0.2) is 24.2 Å². The summed E-state index contributed by atoms with van der Waals surface area (Å²) in [5, 5.41) is 9.64. The van der Waals surface area contributed by atoms with E-state index in [-0.39, 0.29) is 0 Å². The van der Waals surface area contributed by atoms with Crippen molar-refractivity contribution in [3.8, 4) is 0 Å². The highest BCUT2D eigenvalue weighted by molar-refractivity contribution is 6.43. The van der Waals surface area contributed by atoms with Crippen LogP contribution in [0, 0.1) is 0 Å². The fraction of sp³-hybridized carbons (Fsp3) is 0.300. The maximum absolute atomic E-state index is 10.8. The summed E-state index contributed by atoms with van der Waals surface area (Å²) in [6.07, 6.45) is 0. The minimum atomic E-state index is -0.909. The fourth-order valence-electron chi connectivity index (χ4n) is 1.14. The van der Waals surface area contributed by atoms with Gasteiger partial charge in [0, 0.05) is 7.05 Å². The summed E-state index contributed by atoms with van der Waals surface area (Å²) in [5.41, 5.74) is 0.610. The molecule has 0 aliphatic heterocycles. The molecule has 1 N–H and O–H groups in total. The van der Waals surface area contributed by atoms with Crippen molar-refractivity contribution in [3.05, 3.63) is 28.2 Å². The summed E-state index contributed by atoms with van der Waals surface area (Å²) in [6.45, 7) is 1.58. The topological polar surface area (TPSA) is 40.5 Å². The van der Waals surface area contributed by atoms with Crippen LogP contribution in [0.2, 0.25) is 10.0 Å². The lowest BCUT2D eigenvalue weighted by Gasteiger charge is -2.24. The standard InChI is InChI=1S/C10H11Cl2NO2/c1-6(10(14)15)13(2)8-5-3-4-7(11)9(8)12/h3-6H,1-2H3,(H,14,15)/t6-/m1/s1. The van der Waals surface area contributed by atoms with E-state index >= 15 is 0 Å². The molecule has 0 saturated heterocycles. The largest absolute Gasteiger partial charge is 0.480 e. The predicted octanol–water partition coefficient (Wildman–Crippen LogP) is 2.90. The van der Waals surface area contributed by atoms with Gasteiger partial charge in [-0.05, 0) is 19.1 Å². The highest BCUT2D eigenvalue weighted by Gasteiger charge is 2.19. The average Bonchev–Trinajstić information content (AvgIpc) is 2.20. The van der Waals surface area contributed by atoms with Gasteiger partial charge in [0.2, 0.25) is 0 Å². The van der Waals surface area contributed by atoms with Gasteiger partial charge in [0.15, 0.2) is 0 Å². The molecule has 0 aromatic heterocycles. The molecular formula is C10H11Cl2NO2. The molecule has 15 heavy (non-hydrogen) atoms. The maximum Gasteiger partial charge on any atom is 0.326 e. The van der Waals surface area contributed by atoms with E-state index in [9.17, 15) is 4.79 Å². The summed E-state index contributed by atoms with van der Waals surface area (Å²) in [4.78, 5) is 12.4. The number of rotatable bonds is 3. The third kappa shape index (κ3) is 2.55. The average molecular weight is 248 g/mol. The Kier molecular flexibility index (Phi) is 3.83. The van der Waals surface area contributed by atoms with Crippen molar-refractivity contribution in [2.24, 2.45) is 0 Å². The van der Waals surface area contributed by atoms with Gasteiger partial charge in [0.25, 0.3) is 0 Å². The molecule has 0 aliphatic rings. The Bertz CT molecular complexity index is 382. The zero-order chi connectivity index (χ0) is 11.6. The highest BCUT2D eigenvalue weighted by atomic mass is 35.5. The molecule has 0 bridgehead atoms. The number of hydrogen-bond donors (Lipinski definition) is 1. The number of benzene rings is 1. The van der Waals surface area contributed by atoms with Crippen molar-refractivity contribution in [2.45, 2.75) is 13.0 Å². The first-order chi connectivity index (χ1) is 6.95. The zero-order valence-corrected chi connectivity index (χ0v) is 9.88. The molecule has 1 aromatic carbocycles. The Morgan fingerprint density at radius 1 is 1.47 bits per heavy atom. The monoisotopic (exact) mass is 247 g/mol. The van der Waals surface area contributed by atoms with Gasteiger partial charge in [-0.1, -0.05) is 29.3 Å². The van der Waals surface area contributed by atoms with Crippen molar-refractivity contribution in [1.29, 1.82) is 0 Å². The van der Waals surface area contributed by atoms with E-state index in [0.717, 1.165) is 0 Å². The van der Waals surface area contributed by atoms with Crippen LogP contribution in [0.25, 0.3) is 0 Å².